The molecule has 3 rings (SSSR count). The largest absolute Gasteiger partial charge is 0.312 e. The number of rotatable bonds is 5. The summed E-state index contributed by atoms with van der Waals surface area (Å²) in [5, 5.41) is 3.54. The maximum absolute atomic E-state index is 3.54. The molecule has 0 spiro atoms. The first kappa shape index (κ1) is 14.8. The lowest BCUT2D eigenvalue weighted by atomic mass is 9.79. The third-order valence-corrected chi connectivity index (χ3v) is 6.08. The summed E-state index contributed by atoms with van der Waals surface area (Å²) in [6.45, 7) is 2.24. The molecule has 2 unspecified atom stereocenters. The van der Waals surface area contributed by atoms with Crippen LogP contribution >= 0.6 is 11.3 Å². The van der Waals surface area contributed by atoms with E-state index in [1.165, 1.54) is 35.4 Å². The van der Waals surface area contributed by atoms with Crippen LogP contribution < -0.4 is 5.32 Å². The van der Waals surface area contributed by atoms with Crippen LogP contribution in [-0.4, -0.2) is 7.05 Å². The van der Waals surface area contributed by atoms with Crippen molar-refractivity contribution in [1.29, 1.82) is 0 Å². The van der Waals surface area contributed by atoms with Crippen LogP contribution in [0.25, 0.3) is 0 Å². The quantitative estimate of drug-likeness (QED) is 0.811. The van der Waals surface area contributed by atoms with E-state index < -0.39 is 0 Å². The van der Waals surface area contributed by atoms with Crippen molar-refractivity contribution >= 4 is 11.3 Å². The van der Waals surface area contributed by atoms with Crippen LogP contribution in [0.4, 0.5) is 0 Å². The van der Waals surface area contributed by atoms with E-state index in [2.05, 4.69) is 55.7 Å². The summed E-state index contributed by atoms with van der Waals surface area (Å²) in [5.41, 5.74) is 3.17. The fraction of sp³-hybridized carbons (Fsp3) is 0.474. The Balaban J connectivity index is 1.78. The third kappa shape index (κ3) is 3.22. The van der Waals surface area contributed by atoms with Crippen molar-refractivity contribution in [2.24, 2.45) is 0 Å². The standard InChI is InChI=1S/C19H25NS/c1-3-16-11-12-19(21-16)18(20-2)13-15-9-6-8-14-7-4-5-10-17(14)15/h4-5,7,10-12,15,18,20H,3,6,8-9,13H2,1-2H3. The van der Waals surface area contributed by atoms with Gasteiger partial charge in [-0.15, -0.1) is 11.3 Å². The van der Waals surface area contributed by atoms with Crippen molar-refractivity contribution < 1.29 is 0 Å². The van der Waals surface area contributed by atoms with Gasteiger partial charge >= 0.3 is 0 Å². The minimum Gasteiger partial charge on any atom is -0.312 e. The molecule has 2 atom stereocenters. The predicted molar refractivity (Wildman–Crippen MR) is 92.2 cm³/mol. The van der Waals surface area contributed by atoms with E-state index in [-0.39, 0.29) is 0 Å². The Morgan fingerprint density at radius 1 is 1.24 bits per heavy atom. The molecule has 0 bridgehead atoms. The number of hydrogen-bond donors (Lipinski definition) is 1. The highest BCUT2D eigenvalue weighted by Gasteiger charge is 2.24. The highest BCUT2D eigenvalue weighted by molar-refractivity contribution is 7.12. The molecule has 1 aliphatic rings. The first-order chi connectivity index (χ1) is 10.3. The Morgan fingerprint density at radius 3 is 2.86 bits per heavy atom. The normalized spacial score (nSPS) is 19.2. The molecule has 112 valence electrons. The molecular formula is C19H25NS. The van der Waals surface area contributed by atoms with Crippen molar-refractivity contribution in [3.63, 3.8) is 0 Å². The van der Waals surface area contributed by atoms with Gasteiger partial charge in [0.2, 0.25) is 0 Å². The molecule has 0 saturated heterocycles. The number of hydrogen-bond acceptors (Lipinski definition) is 2. The van der Waals surface area contributed by atoms with E-state index in [9.17, 15) is 0 Å². The van der Waals surface area contributed by atoms with Gasteiger partial charge in [-0.3, -0.25) is 0 Å². The lowest BCUT2D eigenvalue weighted by molar-refractivity contribution is 0.444. The molecule has 0 radical (unpaired) electrons. The van der Waals surface area contributed by atoms with Gasteiger partial charge in [0.15, 0.2) is 0 Å². The first-order valence-corrected chi connectivity index (χ1v) is 8.97. The van der Waals surface area contributed by atoms with Crippen LogP contribution in [0, 0.1) is 0 Å². The molecule has 1 nitrogen and oxygen atoms in total. The zero-order chi connectivity index (χ0) is 14.7. The van der Waals surface area contributed by atoms with Crippen molar-refractivity contribution in [2.45, 2.75) is 51.0 Å². The maximum Gasteiger partial charge on any atom is 0.0418 e. The molecule has 21 heavy (non-hydrogen) atoms. The van der Waals surface area contributed by atoms with Gasteiger partial charge in [0.1, 0.15) is 0 Å². The molecule has 2 heteroatoms. The van der Waals surface area contributed by atoms with E-state index in [0.717, 1.165) is 6.42 Å². The average Bonchev–Trinajstić information content (AvgIpc) is 3.01. The van der Waals surface area contributed by atoms with Crippen LogP contribution in [0.3, 0.4) is 0 Å². The lowest BCUT2D eigenvalue weighted by Gasteiger charge is -2.28. The zero-order valence-corrected chi connectivity index (χ0v) is 13.9. The van der Waals surface area contributed by atoms with Crippen molar-refractivity contribution in [3.8, 4) is 0 Å². The zero-order valence-electron chi connectivity index (χ0n) is 13.1. The second kappa shape index (κ2) is 6.76. The monoisotopic (exact) mass is 299 g/mol. The van der Waals surface area contributed by atoms with Crippen LogP contribution in [0.5, 0.6) is 0 Å². The van der Waals surface area contributed by atoms with Crippen molar-refractivity contribution in [1.82, 2.24) is 5.32 Å². The molecule has 1 aromatic heterocycles. The number of benzene rings is 1. The fourth-order valence-corrected chi connectivity index (χ4v) is 4.61. The maximum atomic E-state index is 3.54. The van der Waals surface area contributed by atoms with Crippen LogP contribution in [-0.2, 0) is 12.8 Å². The summed E-state index contributed by atoms with van der Waals surface area (Å²) in [4.78, 5) is 2.99. The van der Waals surface area contributed by atoms with Gasteiger partial charge in [-0.25, -0.2) is 0 Å². The molecule has 1 N–H and O–H groups in total. The first-order valence-electron chi connectivity index (χ1n) is 8.15. The molecular weight excluding hydrogens is 274 g/mol. The van der Waals surface area contributed by atoms with E-state index in [4.69, 9.17) is 0 Å². The van der Waals surface area contributed by atoms with E-state index in [1.54, 1.807) is 11.1 Å². The second-order valence-corrected chi connectivity index (χ2v) is 7.22. The van der Waals surface area contributed by atoms with Gasteiger partial charge in [-0.1, -0.05) is 31.2 Å². The molecule has 0 saturated carbocycles. The molecule has 1 heterocycles. The van der Waals surface area contributed by atoms with Gasteiger partial charge < -0.3 is 5.32 Å². The topological polar surface area (TPSA) is 12.0 Å². The molecule has 0 aliphatic heterocycles. The number of fused-ring (bicyclic) bond motifs is 1. The van der Waals surface area contributed by atoms with Crippen molar-refractivity contribution in [3.05, 3.63) is 57.3 Å². The highest BCUT2D eigenvalue weighted by atomic mass is 32.1. The fourth-order valence-electron chi connectivity index (χ4n) is 3.53. The van der Waals surface area contributed by atoms with E-state index in [0.29, 0.717) is 12.0 Å². The van der Waals surface area contributed by atoms with Crippen molar-refractivity contribution in [2.75, 3.05) is 7.05 Å². The Bertz CT molecular complexity index is 587. The summed E-state index contributed by atoms with van der Waals surface area (Å²) in [6.07, 6.45) is 6.30. The molecule has 1 aromatic carbocycles. The summed E-state index contributed by atoms with van der Waals surface area (Å²) >= 11 is 1.97. The Morgan fingerprint density at radius 2 is 2.10 bits per heavy atom. The summed E-state index contributed by atoms with van der Waals surface area (Å²) in [6, 6.07) is 14.1. The third-order valence-electron chi connectivity index (χ3n) is 4.74. The van der Waals surface area contributed by atoms with Gasteiger partial charge in [-0.2, -0.15) is 0 Å². The van der Waals surface area contributed by atoms with Gasteiger partial charge in [0.05, 0.1) is 0 Å². The number of thiophene rings is 1. The Hall–Kier alpha value is -1.12. The van der Waals surface area contributed by atoms with E-state index >= 15 is 0 Å². The lowest BCUT2D eigenvalue weighted by Crippen LogP contribution is -2.20. The summed E-state index contributed by atoms with van der Waals surface area (Å²) in [5.74, 6) is 0.708. The summed E-state index contributed by atoms with van der Waals surface area (Å²) < 4.78 is 0. The molecule has 0 fully saturated rings. The predicted octanol–water partition coefficient (Wildman–Crippen LogP) is 5.08. The van der Waals surface area contributed by atoms with E-state index in [1.807, 2.05) is 11.3 Å². The number of nitrogens with one attached hydrogen (secondary N) is 1. The highest BCUT2D eigenvalue weighted by Crippen LogP contribution is 2.38. The Kier molecular flexibility index (Phi) is 4.77. The van der Waals surface area contributed by atoms with Gasteiger partial charge in [0, 0.05) is 15.8 Å². The Labute approximate surface area is 132 Å². The molecule has 2 aromatic rings. The summed E-state index contributed by atoms with van der Waals surface area (Å²) in [7, 11) is 2.10. The van der Waals surface area contributed by atoms with Crippen LogP contribution in [0.2, 0.25) is 0 Å². The average molecular weight is 299 g/mol. The second-order valence-electron chi connectivity index (χ2n) is 6.02. The van der Waals surface area contributed by atoms with Crippen LogP contribution in [0.1, 0.15) is 59.0 Å². The SMILES string of the molecule is CCc1ccc(C(CC2CCCc3ccccc32)NC)s1. The number of aryl methyl sites for hydroxylation is 2. The molecule has 0 amide bonds. The van der Waals surface area contributed by atoms with Crippen LogP contribution in [0.15, 0.2) is 36.4 Å². The smallest absolute Gasteiger partial charge is 0.0418 e. The molecule has 1 aliphatic carbocycles. The van der Waals surface area contributed by atoms with Gasteiger partial charge in [0.25, 0.3) is 0 Å². The minimum absolute atomic E-state index is 0.492. The van der Waals surface area contributed by atoms with Gasteiger partial charge in [-0.05, 0) is 68.3 Å². The minimum atomic E-state index is 0.492.